The van der Waals surface area contributed by atoms with Gasteiger partial charge in [-0.05, 0) is 18.8 Å². The fraction of sp³-hybridized carbons (Fsp3) is 0.643. The average molecular weight is 297 g/mol. The Hall–Kier alpha value is -2.05. The van der Waals surface area contributed by atoms with Crippen molar-refractivity contribution >= 4 is 11.8 Å². The summed E-state index contributed by atoms with van der Waals surface area (Å²) in [6, 6.07) is 0. The standard InChI is InChI=1S/C14H23N3O4/c1-3-4-10(5-6-11(18)19)7-8-15-13-12(21-2)14(20)17-9-16-13/h9-10H,3-8H2,1-2H3,(H,18,19)(H2,15,16,17,20). The normalized spacial score (nSPS) is 11.9. The van der Waals surface area contributed by atoms with Crippen molar-refractivity contribution in [1.82, 2.24) is 9.97 Å². The van der Waals surface area contributed by atoms with Crippen molar-refractivity contribution in [3.8, 4) is 5.75 Å². The molecule has 0 aliphatic carbocycles. The molecule has 1 heterocycles. The van der Waals surface area contributed by atoms with Crippen molar-refractivity contribution in [1.29, 1.82) is 0 Å². The van der Waals surface area contributed by atoms with E-state index in [1.165, 1.54) is 13.4 Å². The molecule has 1 aromatic rings. The second-order valence-corrected chi connectivity index (χ2v) is 4.92. The number of anilines is 1. The number of nitrogens with zero attached hydrogens (tertiary/aromatic N) is 1. The number of carboxylic acids is 1. The van der Waals surface area contributed by atoms with E-state index >= 15 is 0 Å². The Kier molecular flexibility index (Phi) is 7.28. The molecular formula is C14H23N3O4. The average Bonchev–Trinajstić information content (AvgIpc) is 2.45. The number of aliphatic carboxylic acids is 1. The van der Waals surface area contributed by atoms with E-state index < -0.39 is 5.97 Å². The number of rotatable bonds is 10. The maximum absolute atomic E-state index is 11.5. The zero-order valence-corrected chi connectivity index (χ0v) is 12.5. The Morgan fingerprint density at radius 3 is 2.86 bits per heavy atom. The van der Waals surface area contributed by atoms with E-state index in [9.17, 15) is 9.59 Å². The quantitative estimate of drug-likeness (QED) is 0.609. The third-order valence-corrected chi connectivity index (χ3v) is 3.32. The van der Waals surface area contributed by atoms with Gasteiger partial charge in [-0.15, -0.1) is 0 Å². The monoisotopic (exact) mass is 297 g/mol. The van der Waals surface area contributed by atoms with Gasteiger partial charge in [0.05, 0.1) is 13.4 Å². The lowest BCUT2D eigenvalue weighted by Crippen LogP contribution is -2.16. The van der Waals surface area contributed by atoms with Crippen molar-refractivity contribution < 1.29 is 14.6 Å². The van der Waals surface area contributed by atoms with Crippen LogP contribution in [0.15, 0.2) is 11.1 Å². The van der Waals surface area contributed by atoms with Crippen molar-refractivity contribution in [3.05, 3.63) is 16.7 Å². The predicted octanol–water partition coefficient (Wildman–Crippen LogP) is 1.86. The van der Waals surface area contributed by atoms with Crippen LogP contribution in [0.4, 0.5) is 5.82 Å². The lowest BCUT2D eigenvalue weighted by molar-refractivity contribution is -0.137. The van der Waals surface area contributed by atoms with E-state index in [0.717, 1.165) is 19.3 Å². The van der Waals surface area contributed by atoms with Crippen LogP contribution in [0.3, 0.4) is 0 Å². The summed E-state index contributed by atoms with van der Waals surface area (Å²) in [5.74, 6) is 0.165. The molecule has 21 heavy (non-hydrogen) atoms. The number of aromatic amines is 1. The van der Waals surface area contributed by atoms with Gasteiger partial charge in [-0.2, -0.15) is 0 Å². The molecular weight excluding hydrogens is 274 g/mol. The second-order valence-electron chi connectivity index (χ2n) is 4.92. The number of ether oxygens (including phenoxy) is 1. The first-order valence-corrected chi connectivity index (χ1v) is 7.15. The van der Waals surface area contributed by atoms with Gasteiger partial charge in [0.1, 0.15) is 0 Å². The summed E-state index contributed by atoms with van der Waals surface area (Å²) in [4.78, 5) is 28.7. The molecule has 0 radical (unpaired) electrons. The molecule has 0 fully saturated rings. The number of hydrogen-bond donors (Lipinski definition) is 3. The first kappa shape index (κ1) is 17.0. The van der Waals surface area contributed by atoms with Crippen molar-refractivity contribution in [3.63, 3.8) is 0 Å². The topological polar surface area (TPSA) is 104 Å². The summed E-state index contributed by atoms with van der Waals surface area (Å²) in [5.41, 5.74) is -0.328. The van der Waals surface area contributed by atoms with Crippen LogP contribution in [0.1, 0.15) is 39.0 Å². The number of carboxylic acid groups (broad SMARTS) is 1. The van der Waals surface area contributed by atoms with Crippen LogP contribution >= 0.6 is 0 Å². The Morgan fingerprint density at radius 2 is 2.24 bits per heavy atom. The zero-order chi connectivity index (χ0) is 15.7. The van der Waals surface area contributed by atoms with Gasteiger partial charge in [-0.25, -0.2) is 4.98 Å². The number of methoxy groups -OCH3 is 1. The fourth-order valence-electron chi connectivity index (χ4n) is 2.27. The molecule has 7 nitrogen and oxygen atoms in total. The van der Waals surface area contributed by atoms with Crippen LogP contribution in [-0.4, -0.2) is 34.7 Å². The summed E-state index contributed by atoms with van der Waals surface area (Å²) in [6.07, 6.45) is 5.04. The maximum Gasteiger partial charge on any atom is 0.303 e. The van der Waals surface area contributed by atoms with Gasteiger partial charge in [0.25, 0.3) is 5.56 Å². The molecule has 0 aliphatic rings. The molecule has 0 aliphatic heterocycles. The van der Waals surface area contributed by atoms with Gasteiger partial charge in [-0.1, -0.05) is 19.8 Å². The highest BCUT2D eigenvalue weighted by Crippen LogP contribution is 2.19. The molecule has 0 amide bonds. The van der Waals surface area contributed by atoms with Crippen molar-refractivity contribution in [2.24, 2.45) is 5.92 Å². The van der Waals surface area contributed by atoms with E-state index in [0.29, 0.717) is 24.7 Å². The molecule has 3 N–H and O–H groups in total. The molecule has 7 heteroatoms. The summed E-state index contributed by atoms with van der Waals surface area (Å²) in [7, 11) is 1.42. The largest absolute Gasteiger partial charge is 0.489 e. The van der Waals surface area contributed by atoms with Gasteiger partial charge >= 0.3 is 5.97 Å². The Balaban J connectivity index is 2.51. The molecule has 0 aromatic carbocycles. The minimum absolute atomic E-state index is 0.162. The third kappa shape index (κ3) is 5.85. The Bertz CT molecular complexity index is 501. The van der Waals surface area contributed by atoms with Crippen LogP contribution in [0.2, 0.25) is 0 Å². The van der Waals surface area contributed by atoms with Gasteiger partial charge in [0.2, 0.25) is 5.75 Å². The predicted molar refractivity (Wildman–Crippen MR) is 79.8 cm³/mol. The molecule has 1 rings (SSSR count). The highest BCUT2D eigenvalue weighted by Gasteiger charge is 2.12. The lowest BCUT2D eigenvalue weighted by Gasteiger charge is -2.16. The van der Waals surface area contributed by atoms with Crippen molar-refractivity contribution in [2.45, 2.75) is 39.0 Å². The van der Waals surface area contributed by atoms with E-state index in [-0.39, 0.29) is 17.7 Å². The second kappa shape index (κ2) is 8.99. The summed E-state index contributed by atoms with van der Waals surface area (Å²) >= 11 is 0. The van der Waals surface area contributed by atoms with E-state index in [1.54, 1.807) is 0 Å². The number of carbonyl (C=O) groups is 1. The van der Waals surface area contributed by atoms with Gasteiger partial charge in [0, 0.05) is 13.0 Å². The molecule has 1 aromatic heterocycles. The molecule has 0 spiro atoms. The number of hydrogen-bond acceptors (Lipinski definition) is 5. The van der Waals surface area contributed by atoms with Crippen LogP contribution < -0.4 is 15.6 Å². The number of aromatic nitrogens is 2. The van der Waals surface area contributed by atoms with Crippen LogP contribution in [-0.2, 0) is 4.79 Å². The van der Waals surface area contributed by atoms with E-state index in [1.807, 2.05) is 0 Å². The van der Waals surface area contributed by atoms with E-state index in [2.05, 4.69) is 22.2 Å². The summed E-state index contributed by atoms with van der Waals surface area (Å²) in [6.45, 7) is 2.71. The highest BCUT2D eigenvalue weighted by molar-refractivity contribution is 5.66. The van der Waals surface area contributed by atoms with Crippen LogP contribution in [0, 0.1) is 5.92 Å². The SMILES string of the molecule is CCCC(CCNc1nc[nH]c(=O)c1OC)CCC(=O)O. The third-order valence-electron chi connectivity index (χ3n) is 3.32. The molecule has 1 atom stereocenters. The van der Waals surface area contributed by atoms with E-state index in [4.69, 9.17) is 9.84 Å². The van der Waals surface area contributed by atoms with Gasteiger partial charge in [0.15, 0.2) is 5.82 Å². The molecule has 0 saturated carbocycles. The molecule has 0 saturated heterocycles. The molecule has 118 valence electrons. The van der Waals surface area contributed by atoms with Crippen LogP contribution in [0.25, 0.3) is 0 Å². The zero-order valence-electron chi connectivity index (χ0n) is 12.5. The Labute approximate surface area is 123 Å². The Morgan fingerprint density at radius 1 is 1.48 bits per heavy atom. The van der Waals surface area contributed by atoms with Crippen LogP contribution in [0.5, 0.6) is 5.75 Å². The first-order valence-electron chi connectivity index (χ1n) is 7.15. The minimum atomic E-state index is -0.762. The van der Waals surface area contributed by atoms with Gasteiger partial charge < -0.3 is 20.1 Å². The highest BCUT2D eigenvalue weighted by atomic mass is 16.5. The summed E-state index contributed by atoms with van der Waals surface area (Å²) in [5, 5.41) is 11.8. The van der Waals surface area contributed by atoms with Gasteiger partial charge in [-0.3, -0.25) is 9.59 Å². The smallest absolute Gasteiger partial charge is 0.303 e. The minimum Gasteiger partial charge on any atom is -0.489 e. The molecule has 1 unspecified atom stereocenters. The number of nitrogens with one attached hydrogen (secondary N) is 2. The first-order chi connectivity index (χ1) is 10.1. The fourth-order valence-corrected chi connectivity index (χ4v) is 2.27. The lowest BCUT2D eigenvalue weighted by atomic mass is 9.94. The van der Waals surface area contributed by atoms with Crippen molar-refractivity contribution in [2.75, 3.05) is 19.0 Å². The maximum atomic E-state index is 11.5. The summed E-state index contributed by atoms with van der Waals surface area (Å²) < 4.78 is 5.01. The number of H-pyrrole nitrogens is 1. The molecule has 0 bridgehead atoms.